The van der Waals surface area contributed by atoms with Gasteiger partial charge in [0.15, 0.2) is 0 Å². The summed E-state index contributed by atoms with van der Waals surface area (Å²) in [6.07, 6.45) is 81.8. The zero-order chi connectivity index (χ0) is 54.9. The van der Waals surface area contributed by atoms with Crippen LogP contribution in [0.25, 0.3) is 0 Å². The summed E-state index contributed by atoms with van der Waals surface area (Å²) in [6.45, 7) is 4.50. The summed E-state index contributed by atoms with van der Waals surface area (Å²) in [7, 11) is 1.21. The Kier molecular flexibility index (Phi) is 53.8. The Balaban J connectivity index is 4.31. The summed E-state index contributed by atoms with van der Waals surface area (Å²) >= 11 is 0. The molecule has 0 saturated carbocycles. The minimum Gasteiger partial charge on any atom is -0.756 e. The minimum absolute atomic E-state index is 0.0182. The van der Waals surface area contributed by atoms with Gasteiger partial charge in [-0.15, -0.1) is 0 Å². The van der Waals surface area contributed by atoms with Crippen LogP contribution in [0.2, 0.25) is 0 Å². The number of likely N-dealkylation sites (N-methyl/N-ethyl adjacent to an activating group) is 1. The fourth-order valence-corrected chi connectivity index (χ4v) is 9.15. The molecule has 0 aliphatic heterocycles. The highest BCUT2D eigenvalue weighted by Gasteiger charge is 2.23. The topological polar surface area (TPSA) is 108 Å². The van der Waals surface area contributed by atoms with E-state index in [4.69, 9.17) is 9.05 Å². The number of amides is 1. The summed E-state index contributed by atoms with van der Waals surface area (Å²) < 4.78 is 23.3. The first-order valence-corrected chi connectivity index (χ1v) is 32.2. The Morgan fingerprint density at radius 1 is 0.480 bits per heavy atom. The number of phosphoric ester groups is 1. The maximum Gasteiger partial charge on any atom is 0.268 e. The largest absolute Gasteiger partial charge is 0.756 e. The van der Waals surface area contributed by atoms with Crippen LogP contribution in [0.1, 0.15) is 251 Å². The van der Waals surface area contributed by atoms with Crippen molar-refractivity contribution in [3.63, 3.8) is 0 Å². The molecule has 8 nitrogen and oxygen atoms in total. The van der Waals surface area contributed by atoms with Gasteiger partial charge in [-0.25, -0.2) is 0 Å². The highest BCUT2D eigenvalue weighted by atomic mass is 31.2. The van der Waals surface area contributed by atoms with Crippen LogP contribution in [-0.2, 0) is 18.4 Å². The van der Waals surface area contributed by atoms with Crippen LogP contribution in [0.3, 0.4) is 0 Å². The first-order chi connectivity index (χ1) is 36.5. The van der Waals surface area contributed by atoms with E-state index in [9.17, 15) is 19.4 Å². The van der Waals surface area contributed by atoms with Crippen molar-refractivity contribution in [1.29, 1.82) is 0 Å². The molecule has 0 fully saturated rings. The van der Waals surface area contributed by atoms with E-state index in [0.717, 1.165) is 109 Å². The van der Waals surface area contributed by atoms with E-state index in [1.807, 2.05) is 27.2 Å². The second kappa shape index (κ2) is 55.9. The maximum absolute atomic E-state index is 13.0. The van der Waals surface area contributed by atoms with Crippen LogP contribution in [0, 0.1) is 0 Å². The summed E-state index contributed by atoms with van der Waals surface area (Å²) in [5.41, 5.74) is 0. The molecule has 0 aliphatic rings. The summed E-state index contributed by atoms with van der Waals surface area (Å²) in [4.78, 5) is 25.5. The van der Waals surface area contributed by atoms with Crippen molar-refractivity contribution >= 4 is 13.7 Å². The molecule has 0 rings (SSSR count). The first-order valence-electron chi connectivity index (χ1n) is 30.7. The fourth-order valence-electron chi connectivity index (χ4n) is 8.42. The highest BCUT2D eigenvalue weighted by molar-refractivity contribution is 7.45. The van der Waals surface area contributed by atoms with Gasteiger partial charge in [-0.2, -0.15) is 0 Å². The number of aliphatic hydroxyl groups excluding tert-OH is 1. The zero-order valence-electron chi connectivity index (χ0n) is 49.2. The van der Waals surface area contributed by atoms with Crippen LogP contribution in [0.15, 0.2) is 109 Å². The van der Waals surface area contributed by atoms with Crippen molar-refractivity contribution in [3.05, 3.63) is 109 Å². The van der Waals surface area contributed by atoms with Crippen LogP contribution < -0.4 is 10.2 Å². The molecule has 75 heavy (non-hydrogen) atoms. The number of unbranched alkanes of at least 4 members (excludes halogenated alkanes) is 26. The molecule has 0 aromatic carbocycles. The monoisotopic (exact) mass is 1060 g/mol. The first kappa shape index (κ1) is 72.2. The van der Waals surface area contributed by atoms with Gasteiger partial charge in [0.2, 0.25) is 5.91 Å². The van der Waals surface area contributed by atoms with Crippen molar-refractivity contribution in [1.82, 2.24) is 5.32 Å². The third-order valence-corrected chi connectivity index (χ3v) is 14.2. The van der Waals surface area contributed by atoms with Crippen molar-refractivity contribution in [2.24, 2.45) is 0 Å². The number of aliphatic hydroxyl groups is 1. The van der Waals surface area contributed by atoms with Gasteiger partial charge in [-0.05, 0) is 96.3 Å². The summed E-state index contributed by atoms with van der Waals surface area (Å²) in [5, 5.41) is 13.9. The van der Waals surface area contributed by atoms with Gasteiger partial charge in [-0.3, -0.25) is 9.36 Å². The number of quaternary nitrogens is 1. The number of hydrogen-bond donors (Lipinski definition) is 2. The number of carbonyl (C=O) groups is 1. The van der Waals surface area contributed by atoms with E-state index in [0.29, 0.717) is 17.4 Å². The van der Waals surface area contributed by atoms with E-state index in [1.165, 1.54) is 122 Å². The molecule has 1 amide bonds. The average Bonchev–Trinajstić information content (AvgIpc) is 3.37. The number of nitrogens with one attached hydrogen (secondary N) is 1. The molecule has 0 heterocycles. The third kappa shape index (κ3) is 58.7. The van der Waals surface area contributed by atoms with Gasteiger partial charge in [0, 0.05) is 6.42 Å². The van der Waals surface area contributed by atoms with E-state index >= 15 is 0 Å². The van der Waals surface area contributed by atoms with Crippen LogP contribution in [0.5, 0.6) is 0 Å². The SMILES string of the molecule is CC/C=C\C/C=C\C/C=C\C/C=C\C/C=C\C/C=C\CCCCCCCCC(=O)NC(COP(=O)([O-])OCC[N+](C)(C)C)C(O)/C=C/CC/C=C/CC/C=C/CCCCCCCCCCCCCCCCCCCC. The number of phosphoric acid groups is 1. The Morgan fingerprint density at radius 3 is 1.24 bits per heavy atom. The molecular weight excluding hydrogens is 948 g/mol. The third-order valence-electron chi connectivity index (χ3n) is 13.2. The number of hydrogen-bond acceptors (Lipinski definition) is 6. The Bertz CT molecular complexity index is 1590. The van der Waals surface area contributed by atoms with Gasteiger partial charge >= 0.3 is 0 Å². The molecule has 0 aromatic heterocycles. The smallest absolute Gasteiger partial charge is 0.268 e. The number of allylic oxidation sites excluding steroid dienone is 17. The lowest BCUT2D eigenvalue weighted by Gasteiger charge is -2.29. The van der Waals surface area contributed by atoms with Crippen molar-refractivity contribution < 1.29 is 32.9 Å². The van der Waals surface area contributed by atoms with E-state index in [2.05, 4.69) is 116 Å². The quantitative estimate of drug-likeness (QED) is 0.0272. The molecule has 0 aliphatic carbocycles. The lowest BCUT2D eigenvalue weighted by atomic mass is 10.0. The molecule has 0 aromatic rings. The van der Waals surface area contributed by atoms with E-state index in [1.54, 1.807) is 6.08 Å². The molecule has 0 saturated heterocycles. The highest BCUT2D eigenvalue weighted by Crippen LogP contribution is 2.38. The Hall–Kier alpha value is -2.84. The molecule has 3 atom stereocenters. The molecule has 3 unspecified atom stereocenters. The van der Waals surface area contributed by atoms with Crippen LogP contribution in [-0.4, -0.2) is 68.5 Å². The lowest BCUT2D eigenvalue weighted by molar-refractivity contribution is -0.870. The number of rotatable bonds is 55. The van der Waals surface area contributed by atoms with E-state index in [-0.39, 0.29) is 12.5 Å². The Morgan fingerprint density at radius 2 is 0.827 bits per heavy atom. The molecule has 0 radical (unpaired) electrons. The lowest BCUT2D eigenvalue weighted by Crippen LogP contribution is -2.45. The van der Waals surface area contributed by atoms with Crippen molar-refractivity contribution in [3.8, 4) is 0 Å². The predicted octanol–water partition coefficient (Wildman–Crippen LogP) is 18.5. The predicted molar refractivity (Wildman–Crippen MR) is 325 cm³/mol. The molecule has 0 bridgehead atoms. The van der Waals surface area contributed by atoms with Crippen molar-refractivity contribution in [2.45, 2.75) is 264 Å². The summed E-state index contributed by atoms with van der Waals surface area (Å²) in [5.74, 6) is -0.229. The zero-order valence-corrected chi connectivity index (χ0v) is 50.1. The fraction of sp³-hybridized carbons (Fsp3) is 0.712. The van der Waals surface area contributed by atoms with Gasteiger partial charge in [0.25, 0.3) is 7.82 Å². The maximum atomic E-state index is 13.0. The second-order valence-corrected chi connectivity index (χ2v) is 23.1. The number of nitrogens with zero attached hydrogens (tertiary/aromatic N) is 1. The van der Waals surface area contributed by atoms with Gasteiger partial charge in [-0.1, -0.05) is 258 Å². The molecule has 432 valence electrons. The molecule has 0 spiro atoms. The second-order valence-electron chi connectivity index (χ2n) is 21.7. The van der Waals surface area contributed by atoms with Crippen LogP contribution in [0.4, 0.5) is 0 Å². The van der Waals surface area contributed by atoms with E-state index < -0.39 is 26.6 Å². The standard InChI is InChI=1S/C66H117N2O6P/c1-6-8-10-12-14-16-18-20-22-24-26-28-30-32-33-34-36-37-39-41-43-45-47-49-51-53-55-57-59-65(69)64(63-74-75(71,72)73-62-61-68(3,4)5)67-66(70)60-58-56-54-52-50-48-46-44-42-40-38-35-31-29-27-25-23-21-19-17-15-13-11-9-7-2/h9,11,15,17,21,23,27,29,35,38,41-44,49,51,57,59,64-65,69H,6-8,10,12-14,16,18-20,22,24-26,28,30-34,36-37,39-40,45-48,50,52-56,58,60-63H2,1-5H3,(H-,67,70,71,72)/b11-9-,17-15-,23-21-,29-27-,38-35-,43-41+,44-42-,51-49+,59-57+. The van der Waals surface area contributed by atoms with Gasteiger partial charge in [0.1, 0.15) is 13.2 Å². The van der Waals surface area contributed by atoms with Crippen molar-refractivity contribution in [2.75, 3.05) is 40.9 Å². The molecular formula is C66H117N2O6P. The Labute approximate surface area is 463 Å². The average molecular weight is 1070 g/mol. The molecule has 9 heteroatoms. The summed E-state index contributed by atoms with van der Waals surface area (Å²) in [6, 6.07) is -0.928. The van der Waals surface area contributed by atoms with Gasteiger partial charge in [0.05, 0.1) is 39.9 Å². The van der Waals surface area contributed by atoms with Crippen LogP contribution >= 0.6 is 7.82 Å². The normalized spacial score (nSPS) is 14.6. The number of carbonyl (C=O) groups excluding carboxylic acids is 1. The molecule has 2 N–H and O–H groups in total. The minimum atomic E-state index is -4.62. The van der Waals surface area contributed by atoms with Gasteiger partial charge < -0.3 is 28.8 Å².